The van der Waals surface area contributed by atoms with Gasteiger partial charge in [-0.3, -0.25) is 4.79 Å². The molecule has 2 aromatic rings. The Balaban J connectivity index is 2.38. The summed E-state index contributed by atoms with van der Waals surface area (Å²) in [5, 5.41) is 0.487. The molecule has 3 nitrogen and oxygen atoms in total. The highest BCUT2D eigenvalue weighted by molar-refractivity contribution is 6.31. The fourth-order valence-corrected chi connectivity index (χ4v) is 1.80. The molecule has 0 radical (unpaired) electrons. The standard InChI is InChI=1S/C14H12ClNO2/c1-18-11-5-2-9(3-6-11)14(17)12-8-10(15)4-7-13(12)16/h2-8H,16H2,1H3. The van der Waals surface area contributed by atoms with Gasteiger partial charge in [-0.25, -0.2) is 0 Å². The fraction of sp³-hybridized carbons (Fsp3) is 0.0714. The van der Waals surface area contributed by atoms with Crippen LogP contribution in [0.1, 0.15) is 15.9 Å². The summed E-state index contributed by atoms with van der Waals surface area (Å²) in [7, 11) is 1.58. The number of hydrogen-bond acceptors (Lipinski definition) is 3. The lowest BCUT2D eigenvalue weighted by molar-refractivity contribution is 0.103. The van der Waals surface area contributed by atoms with Crippen molar-refractivity contribution >= 4 is 23.1 Å². The summed E-state index contributed by atoms with van der Waals surface area (Å²) >= 11 is 5.87. The van der Waals surface area contributed by atoms with Gasteiger partial charge in [0.05, 0.1) is 7.11 Å². The van der Waals surface area contributed by atoms with Gasteiger partial charge in [-0.05, 0) is 42.5 Å². The number of benzene rings is 2. The van der Waals surface area contributed by atoms with Gasteiger partial charge in [0, 0.05) is 21.8 Å². The number of halogens is 1. The molecular weight excluding hydrogens is 250 g/mol. The molecule has 2 rings (SSSR count). The molecule has 0 saturated carbocycles. The maximum Gasteiger partial charge on any atom is 0.195 e. The molecule has 0 saturated heterocycles. The van der Waals surface area contributed by atoms with Crippen molar-refractivity contribution in [1.29, 1.82) is 0 Å². The molecule has 0 spiro atoms. The summed E-state index contributed by atoms with van der Waals surface area (Å²) in [6.45, 7) is 0. The van der Waals surface area contributed by atoms with Gasteiger partial charge in [0.15, 0.2) is 5.78 Å². The molecule has 0 aliphatic rings. The minimum atomic E-state index is -0.155. The minimum absolute atomic E-state index is 0.155. The SMILES string of the molecule is COc1ccc(C(=O)c2cc(Cl)ccc2N)cc1. The van der Waals surface area contributed by atoms with Crippen LogP contribution in [0.25, 0.3) is 0 Å². The second-order valence-corrected chi connectivity index (χ2v) is 4.23. The Labute approximate surface area is 110 Å². The number of nitrogen functional groups attached to an aromatic ring is 1. The number of hydrogen-bond donors (Lipinski definition) is 1. The molecule has 0 aromatic heterocycles. The Morgan fingerprint density at radius 2 is 1.83 bits per heavy atom. The van der Waals surface area contributed by atoms with Crippen LogP contribution in [0, 0.1) is 0 Å². The van der Waals surface area contributed by atoms with Crippen LogP contribution >= 0.6 is 11.6 Å². The molecule has 0 amide bonds. The van der Waals surface area contributed by atoms with E-state index in [4.69, 9.17) is 22.1 Å². The highest BCUT2D eigenvalue weighted by Gasteiger charge is 2.12. The van der Waals surface area contributed by atoms with E-state index in [-0.39, 0.29) is 5.78 Å². The lowest BCUT2D eigenvalue weighted by atomic mass is 10.0. The zero-order chi connectivity index (χ0) is 13.1. The van der Waals surface area contributed by atoms with E-state index in [0.29, 0.717) is 27.6 Å². The molecule has 18 heavy (non-hydrogen) atoms. The van der Waals surface area contributed by atoms with E-state index in [2.05, 4.69) is 0 Å². The maximum atomic E-state index is 12.2. The lowest BCUT2D eigenvalue weighted by Gasteiger charge is -2.06. The average molecular weight is 262 g/mol. The van der Waals surface area contributed by atoms with Gasteiger partial charge in [-0.2, -0.15) is 0 Å². The van der Waals surface area contributed by atoms with Crippen molar-refractivity contribution in [3.8, 4) is 5.75 Å². The number of ketones is 1. The average Bonchev–Trinajstić information content (AvgIpc) is 2.41. The number of carbonyl (C=O) groups is 1. The number of carbonyl (C=O) groups excluding carboxylic acids is 1. The molecule has 0 fully saturated rings. The third-order valence-corrected chi connectivity index (χ3v) is 2.85. The summed E-state index contributed by atoms with van der Waals surface area (Å²) in [4.78, 5) is 12.2. The number of rotatable bonds is 3. The highest BCUT2D eigenvalue weighted by Crippen LogP contribution is 2.22. The Morgan fingerprint density at radius 3 is 2.44 bits per heavy atom. The van der Waals surface area contributed by atoms with Gasteiger partial charge in [-0.1, -0.05) is 11.6 Å². The van der Waals surface area contributed by atoms with Crippen molar-refractivity contribution in [3.63, 3.8) is 0 Å². The van der Waals surface area contributed by atoms with Crippen LogP contribution in [0.15, 0.2) is 42.5 Å². The van der Waals surface area contributed by atoms with Crippen LogP contribution in [-0.2, 0) is 0 Å². The van der Waals surface area contributed by atoms with Gasteiger partial charge in [0.2, 0.25) is 0 Å². The van der Waals surface area contributed by atoms with Crippen LogP contribution < -0.4 is 10.5 Å². The molecule has 0 atom stereocenters. The van der Waals surface area contributed by atoms with E-state index >= 15 is 0 Å². The number of methoxy groups -OCH3 is 1. The van der Waals surface area contributed by atoms with Crippen molar-refractivity contribution in [2.75, 3.05) is 12.8 Å². The molecule has 0 aliphatic carbocycles. The first-order valence-corrected chi connectivity index (χ1v) is 5.73. The fourth-order valence-electron chi connectivity index (χ4n) is 1.62. The maximum absolute atomic E-state index is 12.2. The van der Waals surface area contributed by atoms with E-state index in [1.165, 1.54) is 0 Å². The summed E-state index contributed by atoms with van der Waals surface area (Å²) in [6.07, 6.45) is 0. The van der Waals surface area contributed by atoms with E-state index in [1.807, 2.05) is 0 Å². The molecule has 92 valence electrons. The first-order chi connectivity index (χ1) is 8.61. The van der Waals surface area contributed by atoms with Crippen LogP contribution in [0.2, 0.25) is 5.02 Å². The Morgan fingerprint density at radius 1 is 1.17 bits per heavy atom. The normalized spacial score (nSPS) is 10.1. The van der Waals surface area contributed by atoms with Crippen LogP contribution in [0.3, 0.4) is 0 Å². The summed E-state index contributed by atoms with van der Waals surface area (Å²) in [5.74, 6) is 0.545. The van der Waals surface area contributed by atoms with E-state index < -0.39 is 0 Å². The van der Waals surface area contributed by atoms with Crippen LogP contribution in [0.5, 0.6) is 5.75 Å². The first-order valence-electron chi connectivity index (χ1n) is 5.35. The second kappa shape index (κ2) is 5.10. The monoisotopic (exact) mass is 261 g/mol. The molecule has 0 unspecified atom stereocenters. The van der Waals surface area contributed by atoms with Crippen molar-refractivity contribution in [1.82, 2.24) is 0 Å². The topological polar surface area (TPSA) is 52.3 Å². The number of ether oxygens (including phenoxy) is 1. The minimum Gasteiger partial charge on any atom is -0.497 e. The van der Waals surface area contributed by atoms with Crippen LogP contribution in [0.4, 0.5) is 5.69 Å². The van der Waals surface area contributed by atoms with Gasteiger partial charge in [0.1, 0.15) is 5.75 Å². The van der Waals surface area contributed by atoms with Crippen molar-refractivity contribution in [2.24, 2.45) is 0 Å². The zero-order valence-electron chi connectivity index (χ0n) is 9.81. The quantitative estimate of drug-likeness (QED) is 0.682. The highest BCUT2D eigenvalue weighted by atomic mass is 35.5. The molecule has 0 heterocycles. The van der Waals surface area contributed by atoms with E-state index in [9.17, 15) is 4.79 Å². The van der Waals surface area contributed by atoms with Crippen molar-refractivity contribution < 1.29 is 9.53 Å². The molecule has 0 aliphatic heterocycles. The molecule has 4 heteroatoms. The van der Waals surface area contributed by atoms with Crippen molar-refractivity contribution in [3.05, 3.63) is 58.6 Å². The summed E-state index contributed by atoms with van der Waals surface area (Å²) in [5.41, 5.74) is 7.15. The van der Waals surface area contributed by atoms with Gasteiger partial charge >= 0.3 is 0 Å². The third-order valence-electron chi connectivity index (χ3n) is 2.61. The summed E-state index contributed by atoms with van der Waals surface area (Å²) < 4.78 is 5.04. The van der Waals surface area contributed by atoms with Gasteiger partial charge in [0.25, 0.3) is 0 Å². The number of anilines is 1. The van der Waals surface area contributed by atoms with Crippen molar-refractivity contribution in [2.45, 2.75) is 0 Å². The predicted molar refractivity (Wildman–Crippen MR) is 72.3 cm³/mol. The smallest absolute Gasteiger partial charge is 0.195 e. The molecule has 2 N–H and O–H groups in total. The van der Waals surface area contributed by atoms with E-state index in [0.717, 1.165) is 0 Å². The molecular formula is C14H12ClNO2. The number of nitrogens with two attached hydrogens (primary N) is 1. The van der Waals surface area contributed by atoms with Crippen LogP contribution in [-0.4, -0.2) is 12.9 Å². The van der Waals surface area contributed by atoms with E-state index in [1.54, 1.807) is 49.6 Å². The Hall–Kier alpha value is -2.00. The lowest BCUT2D eigenvalue weighted by Crippen LogP contribution is -2.05. The predicted octanol–water partition coefficient (Wildman–Crippen LogP) is 3.16. The second-order valence-electron chi connectivity index (χ2n) is 3.79. The molecule has 0 bridgehead atoms. The largest absolute Gasteiger partial charge is 0.497 e. The third kappa shape index (κ3) is 2.46. The Kier molecular flexibility index (Phi) is 3.53. The first kappa shape index (κ1) is 12.5. The zero-order valence-corrected chi connectivity index (χ0v) is 10.6. The van der Waals surface area contributed by atoms with Gasteiger partial charge in [-0.15, -0.1) is 0 Å². The molecule has 2 aromatic carbocycles. The summed E-state index contributed by atoms with van der Waals surface area (Å²) in [6, 6.07) is 11.7. The van der Waals surface area contributed by atoms with Gasteiger partial charge < -0.3 is 10.5 Å². The Bertz CT molecular complexity index is 579.